The fourth-order valence-corrected chi connectivity index (χ4v) is 4.44. The number of methoxy groups -OCH3 is 1. The van der Waals surface area contributed by atoms with Gasteiger partial charge in [-0.05, 0) is 44.0 Å². The molecule has 1 aromatic carbocycles. The van der Waals surface area contributed by atoms with Crippen molar-refractivity contribution < 1.29 is 22.5 Å². The molecule has 3 rings (SSSR count). The monoisotopic (exact) mass is 394 g/mol. The number of hydrogen-bond donors (Lipinski definition) is 1. The summed E-state index contributed by atoms with van der Waals surface area (Å²) in [6.45, 7) is 2.47. The molecule has 2 heterocycles. The van der Waals surface area contributed by atoms with Gasteiger partial charge in [-0.25, -0.2) is 8.42 Å². The van der Waals surface area contributed by atoms with Crippen molar-refractivity contribution in [3.05, 3.63) is 36.0 Å². The maximum Gasteiger partial charge on any atom is 0.246 e. The molecule has 0 saturated carbocycles. The standard InChI is InChI=1S/C17H22N4O5S/c1-12-19-16(26-20-12)11-18-17(22)13-7-9-21(10-8-13)27(23,24)15-5-3-14(25-2)4-6-15/h3-6,13H,7-11H2,1-2H3,(H,18,22). The van der Waals surface area contributed by atoms with Gasteiger partial charge in [0.15, 0.2) is 5.82 Å². The van der Waals surface area contributed by atoms with Crippen LogP contribution in [0, 0.1) is 12.8 Å². The van der Waals surface area contributed by atoms with Gasteiger partial charge in [-0.15, -0.1) is 0 Å². The molecule has 1 fully saturated rings. The van der Waals surface area contributed by atoms with E-state index >= 15 is 0 Å². The Morgan fingerprint density at radius 2 is 1.96 bits per heavy atom. The minimum Gasteiger partial charge on any atom is -0.497 e. The lowest BCUT2D eigenvalue weighted by Gasteiger charge is -2.30. The van der Waals surface area contributed by atoms with Crippen molar-refractivity contribution in [2.75, 3.05) is 20.2 Å². The molecule has 1 aromatic heterocycles. The maximum atomic E-state index is 12.7. The second-order valence-electron chi connectivity index (χ2n) is 6.31. The third kappa shape index (κ3) is 4.45. The third-order valence-electron chi connectivity index (χ3n) is 4.51. The van der Waals surface area contributed by atoms with E-state index in [-0.39, 0.29) is 23.3 Å². The van der Waals surface area contributed by atoms with Gasteiger partial charge in [0.25, 0.3) is 0 Å². The number of nitrogens with one attached hydrogen (secondary N) is 1. The number of sulfonamides is 1. The molecule has 1 saturated heterocycles. The summed E-state index contributed by atoms with van der Waals surface area (Å²) in [5.41, 5.74) is 0. The summed E-state index contributed by atoms with van der Waals surface area (Å²) in [7, 11) is -2.05. The predicted octanol–water partition coefficient (Wildman–Crippen LogP) is 1.10. The number of aryl methyl sites for hydroxylation is 1. The van der Waals surface area contributed by atoms with Crippen LogP contribution in [-0.4, -0.2) is 49.0 Å². The Morgan fingerprint density at radius 3 is 2.52 bits per heavy atom. The molecule has 146 valence electrons. The zero-order valence-corrected chi connectivity index (χ0v) is 16.0. The van der Waals surface area contributed by atoms with E-state index in [1.807, 2.05) is 0 Å². The van der Waals surface area contributed by atoms with Gasteiger partial charge in [-0.3, -0.25) is 4.79 Å². The zero-order valence-electron chi connectivity index (χ0n) is 15.2. The first-order valence-corrected chi connectivity index (χ1v) is 10.1. The Balaban J connectivity index is 1.54. The van der Waals surface area contributed by atoms with Crippen LogP contribution in [0.1, 0.15) is 24.6 Å². The molecular formula is C17H22N4O5S. The highest BCUT2D eigenvalue weighted by Crippen LogP contribution is 2.25. The summed E-state index contributed by atoms with van der Waals surface area (Å²) in [4.78, 5) is 16.5. The molecule has 0 unspecified atom stereocenters. The fraction of sp³-hybridized carbons (Fsp3) is 0.471. The Labute approximate surface area is 157 Å². The first kappa shape index (κ1) is 19.3. The van der Waals surface area contributed by atoms with Crippen LogP contribution in [0.3, 0.4) is 0 Å². The molecule has 1 amide bonds. The number of hydrogen-bond acceptors (Lipinski definition) is 7. The summed E-state index contributed by atoms with van der Waals surface area (Å²) in [6.07, 6.45) is 0.925. The van der Waals surface area contributed by atoms with Crippen LogP contribution in [0.15, 0.2) is 33.7 Å². The van der Waals surface area contributed by atoms with Crippen molar-refractivity contribution in [2.45, 2.75) is 31.2 Å². The van der Waals surface area contributed by atoms with Crippen LogP contribution >= 0.6 is 0 Å². The predicted molar refractivity (Wildman–Crippen MR) is 95.4 cm³/mol. The molecule has 0 aliphatic carbocycles. The number of carbonyl (C=O) groups excluding carboxylic acids is 1. The summed E-state index contributed by atoms with van der Waals surface area (Å²) < 4.78 is 36.9. The quantitative estimate of drug-likeness (QED) is 0.780. The number of aromatic nitrogens is 2. The zero-order chi connectivity index (χ0) is 19.4. The van der Waals surface area contributed by atoms with E-state index in [4.69, 9.17) is 9.26 Å². The van der Waals surface area contributed by atoms with Crippen molar-refractivity contribution in [3.8, 4) is 5.75 Å². The van der Waals surface area contributed by atoms with Gasteiger partial charge < -0.3 is 14.6 Å². The van der Waals surface area contributed by atoms with E-state index in [1.54, 1.807) is 19.1 Å². The first-order valence-electron chi connectivity index (χ1n) is 8.61. The summed E-state index contributed by atoms with van der Waals surface area (Å²) in [5, 5.41) is 6.43. The Kier molecular flexibility index (Phi) is 5.76. The molecule has 0 spiro atoms. The molecule has 9 nitrogen and oxygen atoms in total. The van der Waals surface area contributed by atoms with Crippen LogP contribution in [0.25, 0.3) is 0 Å². The summed E-state index contributed by atoms with van der Waals surface area (Å²) >= 11 is 0. The number of benzene rings is 1. The molecule has 0 atom stereocenters. The fourth-order valence-electron chi connectivity index (χ4n) is 2.97. The van der Waals surface area contributed by atoms with Gasteiger partial charge >= 0.3 is 0 Å². The van der Waals surface area contributed by atoms with Crippen molar-refractivity contribution in [1.29, 1.82) is 0 Å². The molecule has 0 radical (unpaired) electrons. The van der Waals surface area contributed by atoms with Crippen LogP contribution < -0.4 is 10.1 Å². The van der Waals surface area contributed by atoms with Gasteiger partial charge in [-0.1, -0.05) is 5.16 Å². The molecular weight excluding hydrogens is 372 g/mol. The third-order valence-corrected chi connectivity index (χ3v) is 6.42. The second-order valence-corrected chi connectivity index (χ2v) is 8.24. The molecule has 27 heavy (non-hydrogen) atoms. The molecule has 1 aliphatic rings. The Bertz CT molecular complexity index is 886. The van der Waals surface area contributed by atoms with Crippen LogP contribution in [-0.2, 0) is 21.4 Å². The minimum atomic E-state index is -3.58. The number of rotatable bonds is 6. The largest absolute Gasteiger partial charge is 0.497 e. The van der Waals surface area contributed by atoms with E-state index in [2.05, 4.69) is 15.5 Å². The number of amides is 1. The van der Waals surface area contributed by atoms with Crippen LogP contribution in [0.4, 0.5) is 0 Å². The highest BCUT2D eigenvalue weighted by Gasteiger charge is 2.32. The number of nitrogens with zero attached hydrogens (tertiary/aromatic N) is 3. The lowest BCUT2D eigenvalue weighted by atomic mass is 9.97. The second kappa shape index (κ2) is 8.05. The van der Waals surface area contributed by atoms with Crippen LogP contribution in [0.5, 0.6) is 5.75 Å². The molecule has 2 aromatic rings. The minimum absolute atomic E-state index is 0.132. The highest BCUT2D eigenvalue weighted by molar-refractivity contribution is 7.89. The van der Waals surface area contributed by atoms with E-state index in [1.165, 1.54) is 23.5 Å². The maximum absolute atomic E-state index is 12.7. The van der Waals surface area contributed by atoms with E-state index in [9.17, 15) is 13.2 Å². The van der Waals surface area contributed by atoms with Crippen LogP contribution in [0.2, 0.25) is 0 Å². The van der Waals surface area contributed by atoms with Crippen molar-refractivity contribution in [1.82, 2.24) is 19.8 Å². The Hall–Kier alpha value is -2.46. The van der Waals surface area contributed by atoms with Crippen molar-refractivity contribution in [2.24, 2.45) is 5.92 Å². The molecule has 1 N–H and O–H groups in total. The SMILES string of the molecule is COc1ccc(S(=O)(=O)N2CCC(C(=O)NCc3nc(C)no3)CC2)cc1. The normalized spacial score (nSPS) is 16.2. The molecule has 10 heteroatoms. The summed E-state index contributed by atoms with van der Waals surface area (Å²) in [5.74, 6) is 1.08. The van der Waals surface area contributed by atoms with Gasteiger partial charge in [0.05, 0.1) is 18.6 Å². The average molecular weight is 394 g/mol. The van der Waals surface area contributed by atoms with Gasteiger partial charge in [0.2, 0.25) is 21.8 Å². The highest BCUT2D eigenvalue weighted by atomic mass is 32.2. The number of carbonyl (C=O) groups is 1. The first-order chi connectivity index (χ1) is 12.9. The smallest absolute Gasteiger partial charge is 0.246 e. The van der Waals surface area contributed by atoms with Crippen molar-refractivity contribution >= 4 is 15.9 Å². The van der Waals surface area contributed by atoms with Gasteiger partial charge in [0.1, 0.15) is 5.75 Å². The summed E-state index contributed by atoms with van der Waals surface area (Å²) in [6, 6.07) is 6.29. The molecule has 0 bridgehead atoms. The van der Waals surface area contributed by atoms with Crippen molar-refractivity contribution in [3.63, 3.8) is 0 Å². The topological polar surface area (TPSA) is 115 Å². The van der Waals surface area contributed by atoms with E-state index < -0.39 is 10.0 Å². The lowest BCUT2D eigenvalue weighted by Crippen LogP contribution is -2.42. The molecule has 1 aliphatic heterocycles. The van der Waals surface area contributed by atoms with Gasteiger partial charge in [-0.2, -0.15) is 9.29 Å². The van der Waals surface area contributed by atoms with E-state index in [0.717, 1.165) is 0 Å². The van der Waals surface area contributed by atoms with Gasteiger partial charge in [0, 0.05) is 19.0 Å². The number of ether oxygens (including phenoxy) is 1. The lowest BCUT2D eigenvalue weighted by molar-refractivity contribution is -0.126. The van der Waals surface area contributed by atoms with E-state index in [0.29, 0.717) is 43.4 Å². The number of piperidine rings is 1. The Morgan fingerprint density at radius 1 is 1.30 bits per heavy atom. The average Bonchev–Trinajstić information content (AvgIpc) is 3.11.